The van der Waals surface area contributed by atoms with E-state index in [-0.39, 0.29) is 5.91 Å². The average Bonchev–Trinajstić information content (AvgIpc) is 3.31. The summed E-state index contributed by atoms with van der Waals surface area (Å²) in [7, 11) is 0. The molecule has 1 amide bonds. The van der Waals surface area contributed by atoms with Gasteiger partial charge in [-0.2, -0.15) is 4.98 Å². The number of carbonyl (C=O) groups is 1. The molecule has 5 rings (SSSR count). The molecule has 1 atom stereocenters. The summed E-state index contributed by atoms with van der Waals surface area (Å²) in [6, 6.07) is 24.1. The van der Waals surface area contributed by atoms with Crippen LogP contribution in [0.1, 0.15) is 60.5 Å². The van der Waals surface area contributed by atoms with Gasteiger partial charge in [0.2, 0.25) is 11.1 Å². The highest BCUT2D eigenvalue weighted by Crippen LogP contribution is 2.37. The van der Waals surface area contributed by atoms with Crippen molar-refractivity contribution in [1.82, 2.24) is 14.8 Å². The topological polar surface area (TPSA) is 71.8 Å². The van der Waals surface area contributed by atoms with Gasteiger partial charge in [0.05, 0.1) is 5.57 Å². The van der Waals surface area contributed by atoms with E-state index < -0.39 is 6.04 Å². The fourth-order valence-corrected chi connectivity index (χ4v) is 5.57. The van der Waals surface area contributed by atoms with Crippen molar-refractivity contribution in [2.75, 3.05) is 10.6 Å². The summed E-state index contributed by atoms with van der Waals surface area (Å²) in [4.78, 5) is 18.5. The molecule has 0 saturated heterocycles. The number of hydrogen-bond donors (Lipinski definition) is 2. The van der Waals surface area contributed by atoms with Gasteiger partial charge in [0.15, 0.2) is 0 Å². The molecule has 0 aliphatic carbocycles. The molecule has 1 aliphatic rings. The molecule has 0 fully saturated rings. The van der Waals surface area contributed by atoms with Crippen molar-refractivity contribution in [3.63, 3.8) is 0 Å². The second kappa shape index (κ2) is 10.9. The molecule has 6 nitrogen and oxygen atoms in total. The number of nitrogens with zero attached hydrogens (tertiary/aromatic N) is 3. The van der Waals surface area contributed by atoms with Crippen molar-refractivity contribution in [3.8, 4) is 0 Å². The number of rotatable bonds is 7. The van der Waals surface area contributed by atoms with Crippen LogP contribution >= 0.6 is 11.8 Å². The van der Waals surface area contributed by atoms with Gasteiger partial charge in [0.25, 0.3) is 5.91 Å². The lowest BCUT2D eigenvalue weighted by molar-refractivity contribution is -0.113. The molecule has 0 saturated carbocycles. The Bertz CT molecular complexity index is 1490. The Balaban J connectivity index is 1.50. The Labute approximate surface area is 228 Å². The zero-order valence-electron chi connectivity index (χ0n) is 22.4. The van der Waals surface area contributed by atoms with E-state index in [1.54, 1.807) is 11.8 Å². The van der Waals surface area contributed by atoms with Gasteiger partial charge in [-0.15, -0.1) is 5.10 Å². The predicted octanol–water partition coefficient (Wildman–Crippen LogP) is 7.24. The maximum atomic E-state index is 13.7. The highest BCUT2D eigenvalue weighted by atomic mass is 32.2. The summed E-state index contributed by atoms with van der Waals surface area (Å²) >= 11 is 1.60. The normalized spacial score (nSPS) is 14.8. The lowest BCUT2D eigenvalue weighted by atomic mass is 9.93. The fourth-order valence-electron chi connectivity index (χ4n) is 4.68. The van der Waals surface area contributed by atoms with Gasteiger partial charge in [0, 0.05) is 17.1 Å². The Morgan fingerprint density at radius 3 is 2.47 bits per heavy atom. The molecule has 2 heterocycles. The van der Waals surface area contributed by atoms with Crippen molar-refractivity contribution >= 4 is 29.3 Å². The first kappa shape index (κ1) is 25.8. The summed E-state index contributed by atoms with van der Waals surface area (Å²) in [5.41, 5.74) is 8.15. The molecule has 3 aromatic carbocycles. The molecule has 0 radical (unpaired) electrons. The number of nitrogens with one attached hydrogen (secondary N) is 2. The maximum absolute atomic E-state index is 13.7. The molecule has 1 aromatic heterocycles. The smallest absolute Gasteiger partial charge is 0.255 e. The average molecular weight is 524 g/mol. The zero-order chi connectivity index (χ0) is 26.8. The molecule has 1 aliphatic heterocycles. The third kappa shape index (κ3) is 5.38. The number of anilines is 2. The minimum atomic E-state index is -0.404. The summed E-state index contributed by atoms with van der Waals surface area (Å²) in [6.45, 7) is 10.5. The summed E-state index contributed by atoms with van der Waals surface area (Å²) in [5, 5.41) is 12.0. The molecule has 0 spiro atoms. The number of carbonyl (C=O) groups excluding carboxylic acids is 1. The quantitative estimate of drug-likeness (QED) is 0.250. The van der Waals surface area contributed by atoms with E-state index in [9.17, 15) is 4.79 Å². The van der Waals surface area contributed by atoms with Crippen molar-refractivity contribution in [3.05, 3.63) is 112 Å². The third-order valence-corrected chi connectivity index (χ3v) is 7.78. The maximum Gasteiger partial charge on any atom is 0.255 e. The standard InChI is InChI=1S/C31H33N5OS/c1-19(2)23-13-15-24(16-14-23)28-27(29(37)33-26-9-7-6-8-10-26)22(5)32-30-34-31(35-36(28)30)38-18-25-17-20(3)11-12-21(25)4/h6-17,19,28H,18H2,1-5H3,(H,33,37)(H,32,34,35)/t28-/m0/s1. The molecule has 38 heavy (non-hydrogen) atoms. The first-order valence-corrected chi connectivity index (χ1v) is 13.9. The van der Waals surface area contributed by atoms with E-state index in [1.165, 1.54) is 22.3 Å². The minimum absolute atomic E-state index is 0.162. The number of thioether (sulfide) groups is 1. The van der Waals surface area contributed by atoms with E-state index in [2.05, 4.69) is 80.8 Å². The van der Waals surface area contributed by atoms with Crippen molar-refractivity contribution < 1.29 is 4.79 Å². The third-order valence-electron chi connectivity index (χ3n) is 6.89. The first-order chi connectivity index (χ1) is 18.3. The van der Waals surface area contributed by atoms with Gasteiger partial charge in [-0.25, -0.2) is 4.68 Å². The van der Waals surface area contributed by atoms with E-state index >= 15 is 0 Å². The van der Waals surface area contributed by atoms with Crippen LogP contribution in [0, 0.1) is 13.8 Å². The summed E-state index contributed by atoms with van der Waals surface area (Å²) in [6.07, 6.45) is 0. The van der Waals surface area contributed by atoms with E-state index in [0.717, 1.165) is 22.7 Å². The van der Waals surface area contributed by atoms with Gasteiger partial charge >= 0.3 is 0 Å². The largest absolute Gasteiger partial charge is 0.328 e. The zero-order valence-corrected chi connectivity index (χ0v) is 23.3. The Kier molecular flexibility index (Phi) is 7.38. The van der Waals surface area contributed by atoms with Crippen molar-refractivity contribution in [2.24, 2.45) is 0 Å². The van der Waals surface area contributed by atoms with Gasteiger partial charge in [-0.05, 0) is 61.1 Å². The van der Waals surface area contributed by atoms with Gasteiger partial charge in [-0.3, -0.25) is 4.79 Å². The number of allylic oxidation sites excluding steroid dienone is 1. The number of benzene rings is 3. The van der Waals surface area contributed by atoms with Gasteiger partial charge in [-0.1, -0.05) is 91.8 Å². The molecule has 7 heteroatoms. The minimum Gasteiger partial charge on any atom is -0.328 e. The number of fused-ring (bicyclic) bond motifs is 1. The Morgan fingerprint density at radius 2 is 1.76 bits per heavy atom. The van der Waals surface area contributed by atoms with Crippen LogP contribution in [0.2, 0.25) is 0 Å². The number of para-hydroxylation sites is 1. The molecular weight excluding hydrogens is 490 g/mol. The van der Waals surface area contributed by atoms with Crippen LogP contribution in [-0.2, 0) is 10.5 Å². The molecule has 4 aromatic rings. The van der Waals surface area contributed by atoms with Gasteiger partial charge in [0.1, 0.15) is 6.04 Å². The molecular formula is C31H33N5OS. The summed E-state index contributed by atoms with van der Waals surface area (Å²) < 4.78 is 1.85. The Hall–Kier alpha value is -3.84. The number of aromatic nitrogens is 3. The fraction of sp³-hybridized carbons (Fsp3) is 0.258. The van der Waals surface area contributed by atoms with Crippen molar-refractivity contribution in [2.45, 2.75) is 57.5 Å². The predicted molar refractivity (Wildman–Crippen MR) is 156 cm³/mol. The molecule has 194 valence electrons. The van der Waals surface area contributed by atoms with Crippen LogP contribution in [0.15, 0.2) is 89.2 Å². The number of hydrogen-bond acceptors (Lipinski definition) is 5. The first-order valence-electron chi connectivity index (χ1n) is 12.9. The number of amides is 1. The van der Waals surface area contributed by atoms with Crippen LogP contribution in [0.5, 0.6) is 0 Å². The van der Waals surface area contributed by atoms with E-state index in [4.69, 9.17) is 10.1 Å². The van der Waals surface area contributed by atoms with Gasteiger partial charge < -0.3 is 10.6 Å². The lowest BCUT2D eigenvalue weighted by Gasteiger charge is -2.29. The molecule has 2 N–H and O–H groups in total. The highest BCUT2D eigenvalue weighted by Gasteiger charge is 2.34. The second-order valence-corrected chi connectivity index (χ2v) is 11.0. The van der Waals surface area contributed by atoms with Crippen LogP contribution in [-0.4, -0.2) is 20.7 Å². The monoisotopic (exact) mass is 523 g/mol. The van der Waals surface area contributed by atoms with E-state index in [0.29, 0.717) is 22.6 Å². The highest BCUT2D eigenvalue weighted by molar-refractivity contribution is 7.98. The van der Waals surface area contributed by atoms with Crippen molar-refractivity contribution in [1.29, 1.82) is 0 Å². The molecule has 0 unspecified atom stereocenters. The van der Waals surface area contributed by atoms with Crippen LogP contribution in [0.3, 0.4) is 0 Å². The second-order valence-electron chi connectivity index (χ2n) is 10.1. The molecule has 0 bridgehead atoms. The summed E-state index contributed by atoms with van der Waals surface area (Å²) in [5.74, 6) is 1.67. The number of aryl methyl sites for hydroxylation is 2. The van der Waals surface area contributed by atoms with Crippen LogP contribution < -0.4 is 10.6 Å². The van der Waals surface area contributed by atoms with E-state index in [1.807, 2.05) is 41.9 Å². The lowest BCUT2D eigenvalue weighted by Crippen LogP contribution is -2.31. The van der Waals surface area contributed by atoms with Crippen LogP contribution in [0.25, 0.3) is 0 Å². The SMILES string of the molecule is CC1=C(C(=O)Nc2ccccc2)[C@H](c2ccc(C(C)C)cc2)n2nc(SCc3cc(C)ccc3C)nc2N1. The Morgan fingerprint density at radius 1 is 1.03 bits per heavy atom. The van der Waals surface area contributed by atoms with Crippen LogP contribution in [0.4, 0.5) is 11.6 Å².